The lowest BCUT2D eigenvalue weighted by Gasteiger charge is -2.37. The van der Waals surface area contributed by atoms with Crippen molar-refractivity contribution in [3.8, 4) is 44.5 Å². The van der Waals surface area contributed by atoms with Gasteiger partial charge >= 0.3 is 5.97 Å². The number of nitrogens with zero attached hydrogens (tertiary/aromatic N) is 2. The van der Waals surface area contributed by atoms with E-state index in [0.29, 0.717) is 11.3 Å². The molecule has 19 atom stereocenters. The maximum absolute atomic E-state index is 13.5. The Balaban J connectivity index is 1.06. The van der Waals surface area contributed by atoms with Gasteiger partial charge in [-0.25, -0.2) is 0 Å². The van der Waals surface area contributed by atoms with Crippen LogP contribution in [0.2, 0.25) is 0 Å². The fourth-order valence-corrected chi connectivity index (χ4v) is 12.5. The summed E-state index contributed by atoms with van der Waals surface area (Å²) in [5, 5.41) is 193. The Bertz CT molecular complexity index is 4340. The van der Waals surface area contributed by atoms with Gasteiger partial charge in [0.15, 0.2) is 37.2 Å². The average molecular weight is 1390 g/mol. The predicted octanol–water partition coefficient (Wildman–Crippen LogP) is -1.07. The third-order valence-corrected chi connectivity index (χ3v) is 17.8. The van der Waals surface area contributed by atoms with Crippen LogP contribution in [0.1, 0.15) is 66.5 Å². The molecule has 3 fully saturated rings. The van der Waals surface area contributed by atoms with Crippen molar-refractivity contribution in [1.82, 2.24) is 19.9 Å². The molecule has 526 valence electrons. The first-order chi connectivity index (χ1) is 47.7. The highest BCUT2D eigenvalue weighted by Gasteiger charge is 2.49. The maximum atomic E-state index is 13.5. The van der Waals surface area contributed by atoms with Crippen LogP contribution in [0.25, 0.3) is 66.6 Å². The van der Waals surface area contributed by atoms with Gasteiger partial charge in [0.2, 0.25) is 5.91 Å². The minimum Gasteiger partial charge on any atom is -0.481 e. The van der Waals surface area contributed by atoms with Crippen molar-refractivity contribution in [2.75, 3.05) is 21.3 Å². The number of aliphatic hydroxyl groups is 16. The summed E-state index contributed by atoms with van der Waals surface area (Å²) in [6.45, 7) is 0. The molecule has 5 aliphatic heterocycles. The standard InChI is InChI=1S/C67H68N8O25/c76-36(2-1-3-37(77)78)68-28-12-4-24(5-13-28)38-32-20-21-33(72-32)39(25-6-14-29(15-7-25)69-62(92)59-53(86)50(83)56(89)65(95)98-59)44-48(81)49(82)45(75-44)41(27-10-18-31(19-11-27)71-64(94)61-55(88)52(85)58(91)67(97)100-61)35-23-22-34(73-35)40(43-47(80)46(79)42(38)74-43)26-8-16-30(17-9-26)70-63(93)60-54(87)51(84)57(90)66(96)99-60/h4-23,46-61,65-67,72-73,79-91,95-97H,1-3H2,(H,68,76)(H,69,92)(H,70,93)(H,71,94)(H,77,78)/t46?,47?,48?,49?,50-,51-,52-,53-,54-,55-,56+,57+,58+,59-,60-,61-,65+,66+,67+/m0/s1. The summed E-state index contributed by atoms with van der Waals surface area (Å²) >= 11 is 0. The number of carbonyl (C=O) groups excluding carboxylic acids is 4. The van der Waals surface area contributed by atoms with Gasteiger partial charge in [0.05, 0.1) is 22.8 Å². The van der Waals surface area contributed by atoms with Crippen LogP contribution in [0.15, 0.2) is 121 Å². The molecule has 0 saturated carbocycles. The number of benzene rings is 4. The molecule has 7 aromatic rings. The van der Waals surface area contributed by atoms with Crippen LogP contribution < -0.4 is 21.3 Å². The molecule has 4 unspecified atom stereocenters. The first kappa shape index (κ1) is 70.5. The molecule has 8 bridgehead atoms. The van der Waals surface area contributed by atoms with Gasteiger partial charge in [0.1, 0.15) is 79.4 Å². The van der Waals surface area contributed by atoms with Gasteiger partial charge in [-0.05, 0) is 101 Å². The third kappa shape index (κ3) is 13.7. The normalized spacial score (nSPS) is 28.9. The number of fused-ring (bicyclic) bond motifs is 8. The first-order valence-electron chi connectivity index (χ1n) is 31.2. The van der Waals surface area contributed by atoms with E-state index in [9.17, 15) is 106 Å². The molecule has 0 spiro atoms. The topological polar surface area (TPSA) is 562 Å². The Morgan fingerprint density at radius 2 is 0.580 bits per heavy atom. The van der Waals surface area contributed by atoms with Crippen molar-refractivity contribution < 1.29 is 125 Å². The molecule has 3 aromatic heterocycles. The molecule has 8 heterocycles. The van der Waals surface area contributed by atoms with Gasteiger partial charge in [-0.15, -0.1) is 0 Å². The highest BCUT2D eigenvalue weighted by Crippen LogP contribution is 2.47. The Labute approximate surface area is 563 Å². The number of hydrogen-bond acceptors (Lipinski definition) is 26. The van der Waals surface area contributed by atoms with E-state index in [4.69, 9.17) is 29.3 Å². The number of amides is 4. The second-order valence-electron chi connectivity index (χ2n) is 24.4. The Hall–Kier alpha value is -9.41. The number of aliphatic carboxylic acids is 1. The van der Waals surface area contributed by atoms with Crippen molar-refractivity contribution >= 4 is 74.4 Å². The number of rotatable bonds is 15. The number of nitrogens with one attached hydrogen (secondary N) is 6. The van der Waals surface area contributed by atoms with Gasteiger partial charge in [-0.1, -0.05) is 48.5 Å². The zero-order valence-electron chi connectivity index (χ0n) is 51.9. The van der Waals surface area contributed by atoms with Gasteiger partial charge in [0.25, 0.3) is 17.7 Å². The molecule has 4 aromatic carbocycles. The summed E-state index contributed by atoms with van der Waals surface area (Å²) in [6, 6.07) is 29.8. The fourth-order valence-electron chi connectivity index (χ4n) is 12.5. The van der Waals surface area contributed by atoms with Crippen molar-refractivity contribution in [2.45, 2.75) is 136 Å². The van der Waals surface area contributed by atoms with E-state index in [1.165, 1.54) is 84.9 Å². The summed E-state index contributed by atoms with van der Waals surface area (Å²) in [5.74, 6) is -4.65. The van der Waals surface area contributed by atoms with Gasteiger partial charge in [0, 0.05) is 79.9 Å². The number of aromatic amines is 2. The number of H-pyrrole nitrogens is 2. The molecule has 0 radical (unpaired) electrons. The Morgan fingerprint density at radius 1 is 0.330 bits per heavy atom. The smallest absolute Gasteiger partial charge is 0.303 e. The molecular weight excluding hydrogens is 1320 g/mol. The molecular formula is C67H68N8O25. The van der Waals surface area contributed by atoms with Crippen molar-refractivity contribution in [2.24, 2.45) is 0 Å². The van der Waals surface area contributed by atoms with E-state index in [0.717, 1.165) is 0 Å². The monoisotopic (exact) mass is 1380 g/mol. The largest absolute Gasteiger partial charge is 0.481 e. The summed E-state index contributed by atoms with van der Waals surface area (Å²) in [5.41, 5.74) is 2.05. The quantitative estimate of drug-likeness (QED) is 0.0581. The Kier molecular flexibility index (Phi) is 20.2. The second kappa shape index (κ2) is 28.7. The number of aromatic nitrogens is 4. The lowest BCUT2D eigenvalue weighted by molar-refractivity contribution is -0.274. The summed E-state index contributed by atoms with van der Waals surface area (Å²) in [6.07, 6.45) is -37.0. The molecule has 5 aliphatic rings. The second-order valence-corrected chi connectivity index (χ2v) is 24.4. The molecule has 100 heavy (non-hydrogen) atoms. The number of carboxylic acids is 1. The van der Waals surface area contributed by atoms with Crippen LogP contribution in [-0.2, 0) is 38.2 Å². The summed E-state index contributed by atoms with van der Waals surface area (Å²) in [4.78, 5) is 81.4. The molecule has 0 aliphatic carbocycles. The van der Waals surface area contributed by atoms with Crippen LogP contribution in [-0.4, -0.2) is 228 Å². The van der Waals surface area contributed by atoms with E-state index in [-0.39, 0.29) is 120 Å². The van der Waals surface area contributed by atoms with Crippen molar-refractivity contribution in [1.29, 1.82) is 0 Å². The van der Waals surface area contributed by atoms with Crippen molar-refractivity contribution in [3.63, 3.8) is 0 Å². The van der Waals surface area contributed by atoms with Crippen LogP contribution in [0.5, 0.6) is 0 Å². The zero-order valence-corrected chi connectivity index (χ0v) is 51.9. The average Bonchev–Trinajstić information content (AvgIpc) is 1.59. The number of anilines is 4. The summed E-state index contributed by atoms with van der Waals surface area (Å²) < 4.78 is 15.4. The number of carbonyl (C=O) groups is 5. The number of ether oxygens (including phenoxy) is 3. The van der Waals surface area contributed by atoms with Crippen molar-refractivity contribution in [3.05, 3.63) is 144 Å². The highest BCUT2D eigenvalue weighted by atomic mass is 16.7. The molecule has 12 rings (SSSR count). The van der Waals surface area contributed by atoms with E-state index in [2.05, 4.69) is 31.2 Å². The predicted molar refractivity (Wildman–Crippen MR) is 345 cm³/mol. The van der Waals surface area contributed by atoms with Crippen LogP contribution in [0.4, 0.5) is 22.7 Å². The number of aliphatic hydroxyl groups excluding tert-OH is 16. The fraction of sp³-hybridized carbons (Fsp3) is 0.328. The van der Waals surface area contributed by atoms with E-state index in [1.54, 1.807) is 36.4 Å². The van der Waals surface area contributed by atoms with Crippen LogP contribution in [0.3, 0.4) is 0 Å². The molecule has 3 saturated heterocycles. The van der Waals surface area contributed by atoms with Gasteiger partial charge in [-0.3, -0.25) is 33.9 Å². The van der Waals surface area contributed by atoms with Crippen LogP contribution in [0, 0.1) is 0 Å². The first-order valence-corrected chi connectivity index (χ1v) is 31.2. The Morgan fingerprint density at radius 3 is 0.830 bits per heavy atom. The lowest BCUT2D eigenvalue weighted by atomic mass is 9.97. The van der Waals surface area contributed by atoms with E-state index in [1.807, 2.05) is 0 Å². The van der Waals surface area contributed by atoms with Gasteiger partial charge < -0.3 is 132 Å². The SMILES string of the molecule is O=C(O)CCCC(=O)Nc1ccc(-c2c3nc(c(-c4ccc(NC(=O)[C@H]5O[C@@H](O)[C@H](O)[C@@H](O)[C@@H]5O)cc4)c4ccc([nH]4)c(-c4ccc(NC(=O)[C@H]5O[C@@H](O)[C@H](O)[C@@H](O)[C@@H]5O)cc4)c4nc(c(-c5ccc(NC(=O)[C@H]6O[C@@H](O)[C@H](O)[C@@H](O)[C@@H]6O)cc5)c5ccc2[nH]5)C(O)C4O)C(O)C3O)cc1. The highest BCUT2D eigenvalue weighted by molar-refractivity contribution is 5.99. The minimum atomic E-state index is -2.04. The molecule has 33 nitrogen and oxygen atoms in total. The number of carboxylic acid groups (broad SMARTS) is 1. The third-order valence-electron chi connectivity index (χ3n) is 17.8. The lowest BCUT2D eigenvalue weighted by Crippen LogP contribution is -2.60. The van der Waals surface area contributed by atoms with E-state index >= 15 is 0 Å². The minimum absolute atomic E-state index is 0.0577. The number of hydrogen-bond donors (Lipinski definition) is 23. The molecule has 4 amide bonds. The zero-order chi connectivity index (χ0) is 71.4. The summed E-state index contributed by atoms with van der Waals surface area (Å²) in [7, 11) is 0. The van der Waals surface area contributed by atoms with E-state index < -0.39 is 146 Å². The maximum Gasteiger partial charge on any atom is 0.303 e. The molecule has 33 heteroatoms. The van der Waals surface area contributed by atoms with Crippen LogP contribution >= 0.6 is 0 Å². The van der Waals surface area contributed by atoms with Gasteiger partial charge in [-0.2, -0.15) is 0 Å². The molecule has 23 N–H and O–H groups in total.